The number of methoxy groups -OCH3 is 3. The van der Waals surface area contributed by atoms with Gasteiger partial charge in [0.05, 0.1) is 44.5 Å². The maximum atomic E-state index is 12.9. The fourth-order valence-electron chi connectivity index (χ4n) is 4.48. The second-order valence-corrected chi connectivity index (χ2v) is 10.1. The van der Waals surface area contributed by atoms with Gasteiger partial charge in [-0.1, -0.05) is 36.4 Å². The monoisotopic (exact) mass is 599 g/mol. The van der Waals surface area contributed by atoms with Crippen molar-refractivity contribution >= 4 is 56.5 Å². The van der Waals surface area contributed by atoms with E-state index in [0.29, 0.717) is 39.7 Å². The molecule has 2 N–H and O–H groups in total. The lowest BCUT2D eigenvalue weighted by Crippen LogP contribution is -2.19. The third kappa shape index (κ3) is 6.76. The van der Waals surface area contributed by atoms with Crippen LogP contribution in [0.1, 0.15) is 5.56 Å². The van der Waals surface area contributed by atoms with Crippen molar-refractivity contribution in [3.8, 4) is 17.2 Å². The first-order valence-electron chi connectivity index (χ1n) is 13.1. The van der Waals surface area contributed by atoms with Gasteiger partial charge in [-0.15, -0.1) is 0 Å². The number of thiol groups is 1. The largest absolute Gasteiger partial charge is 0.497 e. The van der Waals surface area contributed by atoms with Crippen LogP contribution < -0.4 is 29.1 Å². The van der Waals surface area contributed by atoms with Crippen molar-refractivity contribution in [1.82, 2.24) is 9.97 Å². The zero-order valence-electron chi connectivity index (χ0n) is 23.6. The summed E-state index contributed by atoms with van der Waals surface area (Å²) >= 11 is 0. The first-order valence-corrected chi connectivity index (χ1v) is 14.2. The van der Waals surface area contributed by atoms with Crippen LogP contribution in [-0.2, 0) is 22.1 Å². The minimum absolute atomic E-state index is 0.0362. The lowest BCUT2D eigenvalue weighted by atomic mass is 10.1. The van der Waals surface area contributed by atoms with E-state index in [0.717, 1.165) is 9.87 Å². The number of amides is 1. The Bertz CT molecular complexity index is 1830. The molecule has 11 nitrogen and oxygen atoms in total. The van der Waals surface area contributed by atoms with Crippen LogP contribution in [-0.4, -0.2) is 45.6 Å². The molecule has 0 fully saturated rings. The van der Waals surface area contributed by atoms with Gasteiger partial charge in [-0.2, -0.15) is 0 Å². The number of aromatic nitrogens is 2. The van der Waals surface area contributed by atoms with Crippen molar-refractivity contribution < 1.29 is 27.4 Å². The fraction of sp³-hybridized carbons (Fsp3) is 0.129. The Morgan fingerprint density at radius 1 is 0.767 bits per heavy atom. The maximum Gasteiger partial charge on any atom is 0.230 e. The lowest BCUT2D eigenvalue weighted by Gasteiger charge is -2.21. The van der Waals surface area contributed by atoms with Crippen molar-refractivity contribution in [3.05, 3.63) is 96.6 Å². The van der Waals surface area contributed by atoms with E-state index in [4.69, 9.17) is 19.2 Å². The Labute approximate surface area is 250 Å². The van der Waals surface area contributed by atoms with Gasteiger partial charge in [0, 0.05) is 35.1 Å². The molecular weight excluding hydrogens is 570 g/mol. The van der Waals surface area contributed by atoms with Crippen LogP contribution in [0.2, 0.25) is 0 Å². The molecule has 0 unspecified atom stereocenters. The molecule has 0 saturated heterocycles. The highest BCUT2D eigenvalue weighted by molar-refractivity contribution is 7.74. The summed E-state index contributed by atoms with van der Waals surface area (Å²) in [5.74, 6) is 1.58. The molecule has 0 bridgehead atoms. The van der Waals surface area contributed by atoms with E-state index >= 15 is 0 Å². The molecule has 1 aromatic heterocycles. The van der Waals surface area contributed by atoms with Gasteiger partial charge in [0.15, 0.2) is 11.6 Å². The van der Waals surface area contributed by atoms with Gasteiger partial charge in [0.2, 0.25) is 16.8 Å². The number of carbonyl (C=O) groups is 1. The highest BCUT2D eigenvalue weighted by Gasteiger charge is 2.22. The normalized spacial score (nSPS) is 10.8. The van der Waals surface area contributed by atoms with E-state index in [1.807, 2.05) is 24.3 Å². The zero-order chi connectivity index (χ0) is 30.3. The molecule has 0 aliphatic heterocycles. The molecule has 12 heteroatoms. The number of nitrogens with zero attached hydrogens (tertiary/aromatic N) is 3. The first-order chi connectivity index (χ1) is 20.9. The number of anilines is 5. The Morgan fingerprint density at radius 3 is 2.12 bits per heavy atom. The van der Waals surface area contributed by atoms with Crippen LogP contribution in [0.4, 0.5) is 28.7 Å². The van der Waals surface area contributed by atoms with Gasteiger partial charge in [-0.25, -0.2) is 22.7 Å². The number of hydrogen-bond acceptors (Lipinski definition) is 9. The van der Waals surface area contributed by atoms with Crippen molar-refractivity contribution in [2.24, 2.45) is 0 Å². The summed E-state index contributed by atoms with van der Waals surface area (Å²) in [6, 6.07) is 26.0. The van der Waals surface area contributed by atoms with Crippen molar-refractivity contribution in [2.45, 2.75) is 6.42 Å². The van der Waals surface area contributed by atoms with Gasteiger partial charge >= 0.3 is 0 Å². The predicted molar refractivity (Wildman–Crippen MR) is 167 cm³/mol. The van der Waals surface area contributed by atoms with E-state index in [1.165, 1.54) is 14.2 Å². The lowest BCUT2D eigenvalue weighted by molar-refractivity contribution is -0.115. The number of nitrogens with one attached hydrogen (secondary N) is 2. The summed E-state index contributed by atoms with van der Waals surface area (Å²) in [7, 11) is 1.36. The molecule has 5 aromatic rings. The first kappa shape index (κ1) is 29.1. The van der Waals surface area contributed by atoms with Gasteiger partial charge in [0.1, 0.15) is 17.2 Å². The van der Waals surface area contributed by atoms with Crippen LogP contribution in [0.15, 0.2) is 91.0 Å². The topological polar surface area (TPSA) is 132 Å². The Kier molecular flexibility index (Phi) is 8.87. The van der Waals surface area contributed by atoms with Crippen LogP contribution in [0.3, 0.4) is 0 Å². The summed E-state index contributed by atoms with van der Waals surface area (Å²) in [6.07, 6.45) is 0.0714. The maximum absolute atomic E-state index is 12.9. The van der Waals surface area contributed by atoms with E-state index < -0.39 is 10.9 Å². The number of carbonyl (C=O) groups excluding carboxylic acids is 1. The third-order valence-electron chi connectivity index (χ3n) is 6.45. The van der Waals surface area contributed by atoms with Crippen molar-refractivity contribution in [2.75, 3.05) is 36.3 Å². The number of benzene rings is 4. The summed E-state index contributed by atoms with van der Waals surface area (Å²) in [6.45, 7) is 0. The number of fused-ring (bicyclic) bond motifs is 1. The molecule has 0 saturated carbocycles. The molecule has 0 atom stereocenters. The molecule has 4 aromatic carbocycles. The van der Waals surface area contributed by atoms with Crippen LogP contribution >= 0.6 is 0 Å². The molecule has 5 rings (SSSR count). The Morgan fingerprint density at radius 2 is 1.44 bits per heavy atom. The van der Waals surface area contributed by atoms with E-state index in [2.05, 4.69) is 15.6 Å². The standard InChI is InChI=1S/C31H29N5O6S/c1-40-24-17-22(18-25(19-24)41-2)33-30-31(35-27-13-6-5-12-26(27)34-30)36(43(38)39)23-11-8-10-21(16-23)32-29(37)15-20-9-4-7-14-28(20)42-3/h4-14,16-19,43H,15H2,1-3H3,(H,32,37)(H,33,34). The molecule has 43 heavy (non-hydrogen) atoms. The van der Waals surface area contributed by atoms with Gasteiger partial charge in [-0.3, -0.25) is 4.79 Å². The summed E-state index contributed by atoms with van der Waals surface area (Å²) < 4.78 is 42.8. The molecule has 0 spiro atoms. The van der Waals surface area contributed by atoms with Gasteiger partial charge in [-0.05, 0) is 36.4 Å². The molecule has 220 valence electrons. The average Bonchev–Trinajstić information content (AvgIpc) is 3.01. The highest BCUT2D eigenvalue weighted by Crippen LogP contribution is 2.36. The Balaban J connectivity index is 1.52. The molecular formula is C31H29N5O6S. The van der Waals surface area contributed by atoms with Crippen LogP contribution in [0.25, 0.3) is 11.0 Å². The second-order valence-electron chi connectivity index (χ2n) is 9.25. The van der Waals surface area contributed by atoms with Crippen LogP contribution in [0, 0.1) is 0 Å². The van der Waals surface area contributed by atoms with E-state index in [9.17, 15) is 13.2 Å². The molecule has 1 amide bonds. The van der Waals surface area contributed by atoms with Crippen molar-refractivity contribution in [1.29, 1.82) is 0 Å². The fourth-order valence-corrected chi connectivity index (χ4v) is 5.08. The quantitative estimate of drug-likeness (QED) is 0.174. The summed E-state index contributed by atoms with van der Waals surface area (Å²) in [5.41, 5.74) is 2.97. The number of hydrogen-bond donors (Lipinski definition) is 3. The van der Waals surface area contributed by atoms with E-state index in [1.54, 1.807) is 73.8 Å². The molecule has 0 aliphatic rings. The average molecular weight is 600 g/mol. The summed E-state index contributed by atoms with van der Waals surface area (Å²) in [4.78, 5) is 22.3. The SMILES string of the molecule is COc1cc(Nc2nc3ccccc3nc2N(c2cccc(NC(=O)Cc3ccccc3OC)c2)[SH](=O)=O)cc(OC)c1. The summed E-state index contributed by atoms with van der Waals surface area (Å²) in [5, 5.41) is 6.02. The minimum atomic E-state index is -3.25. The minimum Gasteiger partial charge on any atom is -0.497 e. The third-order valence-corrected chi connectivity index (χ3v) is 7.20. The molecule has 1 heterocycles. The predicted octanol–water partition coefficient (Wildman–Crippen LogP) is 5.24. The van der Waals surface area contributed by atoms with Gasteiger partial charge in [0.25, 0.3) is 0 Å². The second kappa shape index (κ2) is 13.1. The van der Waals surface area contributed by atoms with Crippen molar-refractivity contribution in [3.63, 3.8) is 0 Å². The Hall–Kier alpha value is -5.36. The number of ether oxygens (including phenoxy) is 3. The van der Waals surface area contributed by atoms with Crippen LogP contribution in [0.5, 0.6) is 17.2 Å². The molecule has 0 radical (unpaired) electrons. The van der Waals surface area contributed by atoms with E-state index in [-0.39, 0.29) is 29.7 Å². The zero-order valence-corrected chi connectivity index (χ0v) is 24.5. The smallest absolute Gasteiger partial charge is 0.230 e. The number of rotatable bonds is 11. The highest BCUT2D eigenvalue weighted by atomic mass is 32.2. The number of para-hydroxylation sites is 3. The van der Waals surface area contributed by atoms with Gasteiger partial charge < -0.3 is 24.8 Å². The molecule has 0 aliphatic carbocycles.